The first-order valence-corrected chi connectivity index (χ1v) is 9.81. The van der Waals surface area contributed by atoms with Crippen LogP contribution in [0.3, 0.4) is 0 Å². The average Bonchev–Trinajstić information content (AvgIpc) is 3.23. The summed E-state index contributed by atoms with van der Waals surface area (Å²) in [6.07, 6.45) is 2.61. The number of nitrogens with one attached hydrogen (secondary N) is 1. The summed E-state index contributed by atoms with van der Waals surface area (Å²) in [5.41, 5.74) is 6.84. The zero-order valence-corrected chi connectivity index (χ0v) is 16.5. The molecule has 5 nitrogen and oxygen atoms in total. The fraction of sp³-hybridized carbons (Fsp3) is 0.136. The van der Waals surface area contributed by atoms with Gasteiger partial charge in [-0.15, -0.1) is 11.3 Å². The number of rotatable bonds is 6. The van der Waals surface area contributed by atoms with E-state index in [0.29, 0.717) is 5.95 Å². The molecule has 0 aliphatic heterocycles. The van der Waals surface area contributed by atoms with E-state index in [0.717, 1.165) is 39.7 Å². The molecule has 0 aliphatic rings. The molecule has 0 atom stereocenters. The number of methoxy groups -OCH3 is 1. The van der Waals surface area contributed by atoms with E-state index in [9.17, 15) is 0 Å². The fourth-order valence-electron chi connectivity index (χ4n) is 3.04. The number of thiazole rings is 1. The van der Waals surface area contributed by atoms with Crippen molar-refractivity contribution in [3.63, 3.8) is 0 Å². The largest absolute Gasteiger partial charge is 0.496 e. The first-order chi connectivity index (χ1) is 13.7. The third-order valence-electron chi connectivity index (χ3n) is 4.29. The Morgan fingerprint density at radius 1 is 1.04 bits per heavy atom. The molecular weight excluding hydrogens is 368 g/mol. The molecule has 4 aromatic rings. The van der Waals surface area contributed by atoms with E-state index in [1.807, 2.05) is 61.1 Å². The maximum absolute atomic E-state index is 5.57. The maximum atomic E-state index is 5.57. The second kappa shape index (κ2) is 8.19. The minimum atomic E-state index is 0.582. The Morgan fingerprint density at radius 2 is 1.89 bits per heavy atom. The lowest BCUT2D eigenvalue weighted by molar-refractivity contribution is 0.417. The van der Waals surface area contributed by atoms with E-state index in [1.165, 1.54) is 5.56 Å². The molecule has 0 fully saturated rings. The number of nitrogens with zero attached hydrogens (tertiary/aromatic N) is 3. The Labute approximate surface area is 168 Å². The van der Waals surface area contributed by atoms with E-state index < -0.39 is 0 Å². The summed E-state index contributed by atoms with van der Waals surface area (Å²) in [5.74, 6) is 1.37. The molecule has 2 heterocycles. The van der Waals surface area contributed by atoms with Crippen LogP contribution < -0.4 is 10.1 Å². The first-order valence-electron chi connectivity index (χ1n) is 8.93. The van der Waals surface area contributed by atoms with Gasteiger partial charge < -0.3 is 10.1 Å². The zero-order chi connectivity index (χ0) is 19.3. The van der Waals surface area contributed by atoms with Crippen LogP contribution in [0.4, 0.5) is 11.6 Å². The van der Waals surface area contributed by atoms with Gasteiger partial charge >= 0.3 is 0 Å². The fourth-order valence-corrected chi connectivity index (χ4v) is 3.69. The van der Waals surface area contributed by atoms with Crippen molar-refractivity contribution in [2.45, 2.75) is 13.3 Å². The highest BCUT2D eigenvalue weighted by atomic mass is 32.1. The SMILES string of the molecule is COc1cc(Nc2nc(C)cc(Cc3ccccc3)n2)ccc1-c1cncs1. The number of anilines is 2. The van der Waals surface area contributed by atoms with E-state index in [-0.39, 0.29) is 0 Å². The Hall–Kier alpha value is -3.25. The lowest BCUT2D eigenvalue weighted by Gasteiger charge is -2.12. The summed E-state index contributed by atoms with van der Waals surface area (Å²) in [5, 5.41) is 3.30. The Kier molecular flexibility index (Phi) is 5.30. The van der Waals surface area contributed by atoms with Crippen molar-refractivity contribution in [1.82, 2.24) is 15.0 Å². The predicted molar refractivity (Wildman–Crippen MR) is 113 cm³/mol. The third-order valence-corrected chi connectivity index (χ3v) is 5.10. The van der Waals surface area contributed by atoms with Crippen molar-refractivity contribution < 1.29 is 4.74 Å². The predicted octanol–water partition coefficient (Wildman–Crippen LogP) is 5.25. The molecule has 28 heavy (non-hydrogen) atoms. The summed E-state index contributed by atoms with van der Waals surface area (Å²) in [4.78, 5) is 14.4. The van der Waals surface area contributed by atoms with Crippen LogP contribution in [-0.2, 0) is 6.42 Å². The lowest BCUT2D eigenvalue weighted by atomic mass is 10.1. The van der Waals surface area contributed by atoms with Crippen LogP contribution in [0.2, 0.25) is 0 Å². The van der Waals surface area contributed by atoms with Gasteiger partial charge in [0.2, 0.25) is 5.95 Å². The number of hydrogen-bond donors (Lipinski definition) is 1. The normalized spacial score (nSPS) is 10.6. The standard InChI is InChI=1S/C22H20N4OS/c1-15-10-18(11-16-6-4-3-5-7-16)26-22(24-15)25-17-8-9-19(20(12-17)27-2)21-13-23-14-28-21/h3-10,12-14H,11H2,1-2H3,(H,24,25,26). The summed E-state index contributed by atoms with van der Waals surface area (Å²) in [6, 6.07) is 18.3. The molecule has 6 heteroatoms. The maximum Gasteiger partial charge on any atom is 0.227 e. The first kappa shape index (κ1) is 18.1. The monoisotopic (exact) mass is 388 g/mol. The molecule has 2 aromatic heterocycles. The summed E-state index contributed by atoms with van der Waals surface area (Å²) < 4.78 is 5.57. The minimum Gasteiger partial charge on any atom is -0.496 e. The molecule has 0 spiro atoms. The Bertz CT molecular complexity index is 1070. The van der Waals surface area contributed by atoms with Crippen LogP contribution in [-0.4, -0.2) is 22.1 Å². The molecule has 0 saturated heterocycles. The summed E-state index contributed by atoms with van der Waals surface area (Å²) in [7, 11) is 1.67. The van der Waals surface area contributed by atoms with Crippen molar-refractivity contribution in [2.75, 3.05) is 12.4 Å². The van der Waals surface area contributed by atoms with Crippen LogP contribution in [0.25, 0.3) is 10.4 Å². The van der Waals surface area contributed by atoms with Crippen LogP contribution in [0.15, 0.2) is 66.3 Å². The van der Waals surface area contributed by atoms with Crippen LogP contribution in [0.5, 0.6) is 5.75 Å². The highest BCUT2D eigenvalue weighted by molar-refractivity contribution is 7.13. The van der Waals surface area contributed by atoms with Gasteiger partial charge in [0, 0.05) is 35.6 Å². The molecule has 0 aliphatic carbocycles. The van der Waals surface area contributed by atoms with Crippen molar-refractivity contribution in [3.8, 4) is 16.2 Å². The Morgan fingerprint density at radius 3 is 2.64 bits per heavy atom. The van der Waals surface area contributed by atoms with Crippen molar-refractivity contribution in [3.05, 3.63) is 83.3 Å². The van der Waals surface area contributed by atoms with Gasteiger partial charge in [-0.3, -0.25) is 4.98 Å². The zero-order valence-electron chi connectivity index (χ0n) is 15.7. The number of benzene rings is 2. The van der Waals surface area contributed by atoms with Gasteiger partial charge in [-0.1, -0.05) is 30.3 Å². The quantitative estimate of drug-likeness (QED) is 0.489. The second-order valence-corrected chi connectivity index (χ2v) is 7.28. The molecule has 140 valence electrons. The van der Waals surface area contributed by atoms with Crippen molar-refractivity contribution in [1.29, 1.82) is 0 Å². The van der Waals surface area contributed by atoms with Gasteiger partial charge in [0.25, 0.3) is 0 Å². The third kappa shape index (κ3) is 4.18. The molecule has 0 radical (unpaired) electrons. The average molecular weight is 388 g/mol. The van der Waals surface area contributed by atoms with E-state index in [2.05, 4.69) is 32.4 Å². The Balaban J connectivity index is 1.59. The molecular formula is C22H20N4OS. The molecule has 0 unspecified atom stereocenters. The molecule has 1 N–H and O–H groups in total. The number of hydrogen-bond acceptors (Lipinski definition) is 6. The second-order valence-electron chi connectivity index (χ2n) is 6.39. The molecule has 0 bridgehead atoms. The van der Waals surface area contributed by atoms with Gasteiger partial charge in [-0.25, -0.2) is 9.97 Å². The highest BCUT2D eigenvalue weighted by Gasteiger charge is 2.10. The molecule has 2 aromatic carbocycles. The van der Waals surface area contributed by atoms with Gasteiger partial charge in [-0.05, 0) is 30.7 Å². The van der Waals surface area contributed by atoms with Crippen LogP contribution >= 0.6 is 11.3 Å². The van der Waals surface area contributed by atoms with Gasteiger partial charge in [0.05, 0.1) is 23.2 Å². The molecule has 4 rings (SSSR count). The topological polar surface area (TPSA) is 59.9 Å². The number of ether oxygens (including phenoxy) is 1. The van der Waals surface area contributed by atoms with E-state index >= 15 is 0 Å². The van der Waals surface area contributed by atoms with Gasteiger partial charge in [-0.2, -0.15) is 0 Å². The van der Waals surface area contributed by atoms with E-state index in [4.69, 9.17) is 4.74 Å². The summed E-state index contributed by atoms with van der Waals surface area (Å²) in [6.45, 7) is 1.98. The molecule has 0 saturated carbocycles. The lowest BCUT2D eigenvalue weighted by Crippen LogP contribution is -2.03. The van der Waals surface area contributed by atoms with Gasteiger partial charge in [0.15, 0.2) is 0 Å². The molecule has 0 amide bonds. The highest BCUT2D eigenvalue weighted by Crippen LogP contribution is 2.34. The smallest absolute Gasteiger partial charge is 0.227 e. The van der Waals surface area contributed by atoms with Gasteiger partial charge in [0.1, 0.15) is 5.75 Å². The van der Waals surface area contributed by atoms with Crippen molar-refractivity contribution in [2.24, 2.45) is 0 Å². The summed E-state index contributed by atoms with van der Waals surface area (Å²) >= 11 is 1.58. The van der Waals surface area contributed by atoms with Crippen molar-refractivity contribution >= 4 is 23.0 Å². The number of aromatic nitrogens is 3. The number of aryl methyl sites for hydroxylation is 1. The van der Waals surface area contributed by atoms with Crippen LogP contribution in [0, 0.1) is 6.92 Å². The van der Waals surface area contributed by atoms with E-state index in [1.54, 1.807) is 18.4 Å². The van der Waals surface area contributed by atoms with Crippen LogP contribution in [0.1, 0.15) is 17.0 Å². The minimum absolute atomic E-state index is 0.582.